The molecule has 0 fully saturated rings. The van der Waals surface area contributed by atoms with Crippen LogP contribution in [0.1, 0.15) is 15.9 Å². The van der Waals surface area contributed by atoms with Crippen LogP contribution in [0.5, 0.6) is 0 Å². The molecule has 0 N–H and O–H groups in total. The van der Waals surface area contributed by atoms with Gasteiger partial charge in [0.1, 0.15) is 0 Å². The van der Waals surface area contributed by atoms with E-state index < -0.39 is 0 Å². The first-order valence-electron chi connectivity index (χ1n) is 3.43. The molecule has 0 aliphatic heterocycles. The molecule has 72 valence electrons. The van der Waals surface area contributed by atoms with E-state index in [9.17, 15) is 4.79 Å². The minimum absolute atomic E-state index is 0. The van der Waals surface area contributed by atoms with E-state index in [1.807, 2.05) is 0 Å². The molecule has 2 nitrogen and oxygen atoms in total. The molecule has 0 saturated heterocycles. The van der Waals surface area contributed by atoms with Crippen LogP contribution < -0.4 is 17.0 Å². The van der Waals surface area contributed by atoms with Crippen LogP contribution in [0.3, 0.4) is 0 Å². The van der Waals surface area contributed by atoms with Gasteiger partial charge < -0.3 is 21.7 Å². The molecular weight excluding hydrogens is 280 g/mol. The number of ether oxygens (including phenoxy) is 1. The maximum Gasteiger partial charge on any atom is 2.00 e. The molecule has 0 amide bonds. The number of benzene rings is 1. The molecule has 0 bridgehead atoms. The molecule has 5 heteroatoms. The average molecular weight is 288 g/mol. The first-order valence-corrected chi connectivity index (χ1v) is 3.96. The number of hydrogen-bond acceptors (Lipinski definition) is 2. The number of carbonyl (C=O) groups is 1. The standard InChI is InChI=1S/C9H8ClO2.BrH.Mg/c1-12-9(11)8-5-3-2-4-7(8)6-10;;/h3-5H,6H2,1H3;1H;/q-1;;+2/p-1. The predicted octanol–water partition coefficient (Wildman–Crippen LogP) is -1.36. The second-order valence-electron chi connectivity index (χ2n) is 2.21. The Balaban J connectivity index is 0. The van der Waals surface area contributed by atoms with E-state index in [2.05, 4.69) is 10.8 Å². The van der Waals surface area contributed by atoms with E-state index in [0.717, 1.165) is 5.56 Å². The summed E-state index contributed by atoms with van der Waals surface area (Å²) in [5.74, 6) is -0.0680. The molecule has 1 aromatic carbocycles. The Labute approximate surface area is 115 Å². The van der Waals surface area contributed by atoms with Crippen molar-refractivity contribution in [2.24, 2.45) is 0 Å². The monoisotopic (exact) mass is 286 g/mol. The summed E-state index contributed by atoms with van der Waals surface area (Å²) in [6.45, 7) is 0. The van der Waals surface area contributed by atoms with Crippen molar-refractivity contribution in [3.63, 3.8) is 0 Å². The fourth-order valence-electron chi connectivity index (χ4n) is 0.885. The van der Waals surface area contributed by atoms with Gasteiger partial charge in [0.05, 0.1) is 7.11 Å². The van der Waals surface area contributed by atoms with Crippen molar-refractivity contribution in [1.82, 2.24) is 0 Å². The molecule has 0 spiro atoms. The second-order valence-corrected chi connectivity index (χ2v) is 2.48. The van der Waals surface area contributed by atoms with Crippen LogP contribution in [-0.4, -0.2) is 36.1 Å². The van der Waals surface area contributed by atoms with Gasteiger partial charge in [0.2, 0.25) is 0 Å². The quantitative estimate of drug-likeness (QED) is 0.291. The largest absolute Gasteiger partial charge is 2.00 e. The third-order valence-electron chi connectivity index (χ3n) is 1.50. The van der Waals surface area contributed by atoms with Crippen LogP contribution in [0.15, 0.2) is 18.2 Å². The number of esters is 1. The van der Waals surface area contributed by atoms with Gasteiger partial charge in [-0.1, -0.05) is 0 Å². The first-order chi connectivity index (χ1) is 5.79. The smallest absolute Gasteiger partial charge is 1.00 e. The van der Waals surface area contributed by atoms with E-state index in [1.54, 1.807) is 18.2 Å². The summed E-state index contributed by atoms with van der Waals surface area (Å²) in [6, 6.07) is 7.82. The van der Waals surface area contributed by atoms with Crippen molar-refractivity contribution in [3.8, 4) is 0 Å². The Bertz CT molecular complexity index is 294. The fourth-order valence-corrected chi connectivity index (χ4v) is 1.11. The van der Waals surface area contributed by atoms with Gasteiger partial charge in [-0.15, -0.1) is 17.2 Å². The Hall–Kier alpha value is 0.226. The van der Waals surface area contributed by atoms with Crippen molar-refractivity contribution in [2.75, 3.05) is 7.11 Å². The van der Waals surface area contributed by atoms with Gasteiger partial charge in [-0.05, 0) is 5.56 Å². The summed E-state index contributed by atoms with van der Waals surface area (Å²) in [6.07, 6.45) is 0. The van der Waals surface area contributed by atoms with Crippen LogP contribution in [0.25, 0.3) is 0 Å². The number of halogens is 2. The zero-order valence-electron chi connectivity index (χ0n) is 7.72. The van der Waals surface area contributed by atoms with Crippen LogP contribution in [0, 0.1) is 6.07 Å². The Kier molecular flexibility index (Phi) is 10.1. The summed E-state index contributed by atoms with van der Waals surface area (Å²) in [4.78, 5) is 11.1. The average Bonchev–Trinajstić information content (AvgIpc) is 2.16. The van der Waals surface area contributed by atoms with E-state index in [-0.39, 0.29) is 46.0 Å². The van der Waals surface area contributed by atoms with E-state index in [1.165, 1.54) is 7.11 Å². The molecule has 0 unspecified atom stereocenters. The molecular formula is C9H8BrClMgO2. The maximum absolute atomic E-state index is 11.1. The van der Waals surface area contributed by atoms with Gasteiger partial charge in [-0.3, -0.25) is 0 Å². The molecule has 0 aliphatic rings. The van der Waals surface area contributed by atoms with Gasteiger partial charge in [-0.25, -0.2) is 4.79 Å². The molecule has 0 radical (unpaired) electrons. The molecule has 0 atom stereocenters. The Morgan fingerprint density at radius 2 is 2.29 bits per heavy atom. The van der Waals surface area contributed by atoms with Crippen LogP contribution in [-0.2, 0) is 10.6 Å². The van der Waals surface area contributed by atoms with E-state index in [0.29, 0.717) is 11.4 Å². The van der Waals surface area contributed by atoms with Gasteiger partial charge >= 0.3 is 29.0 Å². The number of hydrogen-bond donors (Lipinski definition) is 0. The topological polar surface area (TPSA) is 26.3 Å². The van der Waals surface area contributed by atoms with Crippen molar-refractivity contribution < 1.29 is 26.5 Å². The van der Waals surface area contributed by atoms with Crippen molar-refractivity contribution in [1.29, 1.82) is 0 Å². The minimum Gasteiger partial charge on any atom is -1.00 e. The maximum atomic E-state index is 11.1. The second kappa shape index (κ2) is 8.53. The summed E-state index contributed by atoms with van der Waals surface area (Å²) >= 11 is 5.61. The fraction of sp³-hybridized carbons (Fsp3) is 0.222. The Morgan fingerprint density at radius 1 is 1.64 bits per heavy atom. The number of methoxy groups -OCH3 is 1. The number of rotatable bonds is 2. The Morgan fingerprint density at radius 3 is 2.79 bits per heavy atom. The number of alkyl halides is 1. The van der Waals surface area contributed by atoms with Crippen LogP contribution in [0.2, 0.25) is 0 Å². The molecule has 1 rings (SSSR count). The molecule has 14 heavy (non-hydrogen) atoms. The predicted molar refractivity (Wildman–Crippen MR) is 51.9 cm³/mol. The number of carbonyl (C=O) groups excluding carboxylic acids is 1. The molecule has 0 saturated carbocycles. The molecule has 0 aliphatic carbocycles. The van der Waals surface area contributed by atoms with E-state index in [4.69, 9.17) is 11.6 Å². The van der Waals surface area contributed by atoms with Gasteiger partial charge in [-0.2, -0.15) is 24.3 Å². The summed E-state index contributed by atoms with van der Waals surface area (Å²) < 4.78 is 4.57. The molecule has 1 aromatic rings. The SMILES string of the molecule is COC(=O)c1cc[c-]cc1CCl.[Br-].[Mg+2]. The summed E-state index contributed by atoms with van der Waals surface area (Å²) in [5, 5.41) is 0. The third kappa shape index (κ3) is 4.17. The molecule has 0 aromatic heterocycles. The van der Waals surface area contributed by atoms with Crippen molar-refractivity contribution in [2.45, 2.75) is 5.88 Å². The van der Waals surface area contributed by atoms with Crippen molar-refractivity contribution >= 4 is 40.6 Å². The van der Waals surface area contributed by atoms with E-state index >= 15 is 0 Å². The van der Waals surface area contributed by atoms with Crippen molar-refractivity contribution in [3.05, 3.63) is 35.4 Å². The van der Waals surface area contributed by atoms with Gasteiger partial charge in [0.15, 0.2) is 0 Å². The van der Waals surface area contributed by atoms with Gasteiger partial charge in [0, 0.05) is 5.88 Å². The van der Waals surface area contributed by atoms with Gasteiger partial charge in [0.25, 0.3) is 0 Å². The zero-order valence-corrected chi connectivity index (χ0v) is 11.5. The van der Waals surface area contributed by atoms with Crippen LogP contribution >= 0.6 is 11.6 Å². The normalized spacial score (nSPS) is 8.14. The molecule has 0 heterocycles. The minimum atomic E-state index is -0.361. The first kappa shape index (κ1) is 16.6. The zero-order chi connectivity index (χ0) is 8.97. The third-order valence-corrected chi connectivity index (χ3v) is 1.79. The summed E-state index contributed by atoms with van der Waals surface area (Å²) in [7, 11) is 1.34. The van der Waals surface area contributed by atoms with Crippen LogP contribution in [0.4, 0.5) is 0 Å². The summed E-state index contributed by atoms with van der Waals surface area (Å²) in [5.41, 5.74) is 1.25.